The second-order valence-corrected chi connectivity index (χ2v) is 7.98. The minimum absolute atomic E-state index is 0.326. The van der Waals surface area contributed by atoms with Crippen LogP contribution in [0.2, 0.25) is 5.02 Å². The smallest absolute Gasteiger partial charge is 0.0705 e. The van der Waals surface area contributed by atoms with Crippen LogP contribution in [0.5, 0.6) is 0 Å². The fourth-order valence-corrected chi connectivity index (χ4v) is 4.10. The molecule has 0 heterocycles. The van der Waals surface area contributed by atoms with Crippen LogP contribution < -0.4 is 0 Å². The van der Waals surface area contributed by atoms with E-state index in [4.69, 9.17) is 23.2 Å². The highest BCUT2D eigenvalue weighted by molar-refractivity contribution is 6.54. The number of hydrogen-bond donors (Lipinski definition) is 0. The average molecular weight is 301 g/mol. The van der Waals surface area contributed by atoms with Gasteiger partial charge in [0.2, 0.25) is 0 Å². The fraction of sp³-hybridized carbons (Fsp3) is 0.600. The van der Waals surface area contributed by atoms with Crippen LogP contribution in [-0.4, -0.2) is 14.5 Å². The third kappa shape index (κ3) is 6.26. The lowest BCUT2D eigenvalue weighted by atomic mass is 10.2. The van der Waals surface area contributed by atoms with E-state index in [1.165, 1.54) is 31.2 Å². The standard InChI is InChI=1S/C15H22Cl2Si/c1-3-4-5-6-7-15(17)18-12(2)13-8-10-14(16)11-9-13/h8-12,15H,3-7H2,1-2H3. The van der Waals surface area contributed by atoms with E-state index in [0.29, 0.717) is 10.5 Å². The molecule has 2 atom stereocenters. The van der Waals surface area contributed by atoms with E-state index in [-0.39, 0.29) is 0 Å². The first-order valence-electron chi connectivity index (χ1n) is 6.79. The summed E-state index contributed by atoms with van der Waals surface area (Å²) in [6.45, 7) is 4.49. The van der Waals surface area contributed by atoms with E-state index in [1.54, 1.807) is 0 Å². The van der Waals surface area contributed by atoms with Gasteiger partial charge in [-0.15, -0.1) is 11.6 Å². The van der Waals surface area contributed by atoms with E-state index < -0.39 is 0 Å². The van der Waals surface area contributed by atoms with Crippen molar-refractivity contribution >= 4 is 32.7 Å². The molecule has 0 fully saturated rings. The maximum absolute atomic E-state index is 6.42. The molecule has 2 radical (unpaired) electrons. The van der Waals surface area contributed by atoms with Gasteiger partial charge in [-0.3, -0.25) is 0 Å². The number of hydrogen-bond acceptors (Lipinski definition) is 0. The lowest BCUT2D eigenvalue weighted by Gasteiger charge is -2.15. The summed E-state index contributed by atoms with van der Waals surface area (Å²) in [5.74, 6) is 0. The predicted molar refractivity (Wildman–Crippen MR) is 84.0 cm³/mol. The van der Waals surface area contributed by atoms with Gasteiger partial charge in [0, 0.05) is 10.0 Å². The molecule has 2 unspecified atom stereocenters. The van der Waals surface area contributed by atoms with Crippen LogP contribution in [0.3, 0.4) is 0 Å². The molecule has 0 bridgehead atoms. The van der Waals surface area contributed by atoms with Gasteiger partial charge < -0.3 is 0 Å². The van der Waals surface area contributed by atoms with Crippen LogP contribution >= 0.6 is 23.2 Å². The van der Waals surface area contributed by atoms with Crippen molar-refractivity contribution in [2.24, 2.45) is 0 Å². The Kier molecular flexibility index (Phi) is 8.04. The van der Waals surface area contributed by atoms with E-state index in [0.717, 1.165) is 21.0 Å². The number of benzene rings is 1. The largest absolute Gasteiger partial charge is 0.127 e. The fourth-order valence-electron chi connectivity index (χ4n) is 1.95. The highest BCUT2D eigenvalue weighted by Crippen LogP contribution is 2.20. The summed E-state index contributed by atoms with van der Waals surface area (Å²) in [6.07, 6.45) is 6.36. The maximum Gasteiger partial charge on any atom is 0.0705 e. The van der Waals surface area contributed by atoms with Crippen LogP contribution in [0.1, 0.15) is 57.1 Å². The Labute approximate surface area is 124 Å². The Bertz CT molecular complexity index is 324. The molecule has 0 aliphatic carbocycles. The van der Waals surface area contributed by atoms with E-state index in [1.807, 2.05) is 12.1 Å². The molecule has 1 aromatic rings. The quantitative estimate of drug-likeness (QED) is 0.331. The van der Waals surface area contributed by atoms with Gasteiger partial charge in [0.25, 0.3) is 0 Å². The van der Waals surface area contributed by atoms with Gasteiger partial charge in [0.05, 0.1) is 9.52 Å². The zero-order valence-electron chi connectivity index (χ0n) is 11.3. The first-order valence-corrected chi connectivity index (χ1v) is 8.76. The Morgan fingerprint density at radius 1 is 1.11 bits per heavy atom. The molecule has 0 amide bonds. The lowest BCUT2D eigenvalue weighted by Crippen LogP contribution is -2.16. The molecule has 18 heavy (non-hydrogen) atoms. The number of rotatable bonds is 8. The van der Waals surface area contributed by atoms with Crippen molar-refractivity contribution in [2.75, 3.05) is 0 Å². The Morgan fingerprint density at radius 2 is 1.78 bits per heavy atom. The Balaban J connectivity index is 2.30. The van der Waals surface area contributed by atoms with Crippen LogP contribution in [0.25, 0.3) is 0 Å². The highest BCUT2D eigenvalue weighted by atomic mass is 35.5. The van der Waals surface area contributed by atoms with Gasteiger partial charge in [0.15, 0.2) is 0 Å². The van der Waals surface area contributed by atoms with Gasteiger partial charge >= 0.3 is 0 Å². The SMILES string of the molecule is CCCCCCC(Cl)[Si]C(C)c1ccc(Cl)cc1. The molecule has 1 aromatic carbocycles. The molecule has 100 valence electrons. The minimum atomic E-state index is 0.326. The van der Waals surface area contributed by atoms with Gasteiger partial charge in [-0.25, -0.2) is 0 Å². The lowest BCUT2D eigenvalue weighted by molar-refractivity contribution is 0.647. The summed E-state index contributed by atoms with van der Waals surface area (Å²) in [7, 11) is 0.788. The molecular formula is C15H22Cl2Si. The Hall–Kier alpha value is 0.0169. The number of unbranched alkanes of at least 4 members (excludes halogenated alkanes) is 3. The van der Waals surface area contributed by atoms with Crippen molar-refractivity contribution in [3.63, 3.8) is 0 Å². The highest BCUT2D eigenvalue weighted by Gasteiger charge is 2.13. The zero-order valence-corrected chi connectivity index (χ0v) is 13.8. The second kappa shape index (κ2) is 9.01. The molecular weight excluding hydrogens is 279 g/mol. The zero-order chi connectivity index (χ0) is 13.4. The van der Waals surface area contributed by atoms with Crippen molar-refractivity contribution in [3.05, 3.63) is 34.9 Å². The predicted octanol–water partition coefficient (Wildman–Crippen LogP) is 5.64. The molecule has 0 aliphatic heterocycles. The number of alkyl halides is 1. The normalized spacial score (nSPS) is 14.4. The minimum Gasteiger partial charge on any atom is -0.127 e. The third-order valence-electron chi connectivity index (χ3n) is 3.11. The molecule has 0 nitrogen and oxygen atoms in total. The Morgan fingerprint density at radius 3 is 2.39 bits per heavy atom. The third-order valence-corrected chi connectivity index (χ3v) is 5.44. The van der Waals surface area contributed by atoms with E-state index >= 15 is 0 Å². The molecule has 0 aliphatic rings. The van der Waals surface area contributed by atoms with E-state index in [9.17, 15) is 0 Å². The van der Waals surface area contributed by atoms with Gasteiger partial charge in [-0.1, -0.05) is 63.3 Å². The van der Waals surface area contributed by atoms with Gasteiger partial charge in [-0.2, -0.15) is 0 Å². The van der Waals surface area contributed by atoms with Crippen molar-refractivity contribution in [1.82, 2.24) is 0 Å². The molecule has 0 N–H and O–H groups in total. The number of halogens is 2. The molecule has 0 spiro atoms. The van der Waals surface area contributed by atoms with Crippen LogP contribution in [0.4, 0.5) is 0 Å². The summed E-state index contributed by atoms with van der Waals surface area (Å²) in [5.41, 5.74) is 1.88. The van der Waals surface area contributed by atoms with Crippen LogP contribution in [0, 0.1) is 0 Å². The van der Waals surface area contributed by atoms with Crippen LogP contribution in [0.15, 0.2) is 24.3 Å². The molecule has 0 saturated heterocycles. The monoisotopic (exact) mass is 300 g/mol. The molecule has 1 rings (SSSR count). The molecule has 3 heteroatoms. The summed E-state index contributed by atoms with van der Waals surface area (Å²) in [5, 5.41) is 1.13. The topological polar surface area (TPSA) is 0 Å². The molecule has 0 aromatic heterocycles. The molecule has 0 saturated carbocycles. The van der Waals surface area contributed by atoms with Gasteiger partial charge in [0.1, 0.15) is 0 Å². The van der Waals surface area contributed by atoms with Crippen LogP contribution in [-0.2, 0) is 0 Å². The van der Waals surface area contributed by atoms with Crippen molar-refractivity contribution in [3.8, 4) is 0 Å². The summed E-state index contributed by atoms with van der Waals surface area (Å²) < 4.78 is 0. The van der Waals surface area contributed by atoms with Gasteiger partial charge in [-0.05, 0) is 29.7 Å². The summed E-state index contributed by atoms with van der Waals surface area (Å²) in [4.78, 5) is 0. The summed E-state index contributed by atoms with van der Waals surface area (Å²) >= 11 is 12.3. The van der Waals surface area contributed by atoms with Crippen molar-refractivity contribution in [2.45, 2.75) is 56.5 Å². The second-order valence-electron chi connectivity index (χ2n) is 4.76. The van der Waals surface area contributed by atoms with E-state index in [2.05, 4.69) is 26.0 Å². The summed E-state index contributed by atoms with van der Waals surface area (Å²) in [6, 6.07) is 8.14. The first-order chi connectivity index (χ1) is 8.63. The maximum atomic E-state index is 6.42. The van der Waals surface area contributed by atoms with Crippen molar-refractivity contribution < 1.29 is 0 Å². The average Bonchev–Trinajstić information content (AvgIpc) is 2.35. The first kappa shape index (κ1) is 16.1. The van der Waals surface area contributed by atoms with Crippen molar-refractivity contribution in [1.29, 1.82) is 0 Å².